The fourth-order valence-electron chi connectivity index (χ4n) is 3.37. The van der Waals surface area contributed by atoms with Gasteiger partial charge in [0.05, 0.1) is 23.4 Å². The average molecular weight is 433 g/mol. The van der Waals surface area contributed by atoms with Gasteiger partial charge < -0.3 is 10.2 Å². The van der Waals surface area contributed by atoms with Crippen LogP contribution in [0.5, 0.6) is 0 Å². The number of halogens is 4. The molecule has 11 heteroatoms. The first-order valence-corrected chi connectivity index (χ1v) is 9.15. The first kappa shape index (κ1) is 20.5. The summed E-state index contributed by atoms with van der Waals surface area (Å²) in [6.07, 6.45) is -2.13. The molecule has 0 radical (unpaired) electrons. The molecular weight excluding hydrogens is 418 g/mol. The first-order valence-electron chi connectivity index (χ1n) is 9.15. The van der Waals surface area contributed by atoms with Crippen LogP contribution in [0.3, 0.4) is 0 Å². The van der Waals surface area contributed by atoms with Crippen LogP contribution in [-0.2, 0) is 6.18 Å². The first-order chi connectivity index (χ1) is 14.7. The largest absolute Gasteiger partial charge is 0.419 e. The molecule has 1 unspecified atom stereocenters. The highest BCUT2D eigenvalue weighted by molar-refractivity contribution is 6.15. The molecule has 2 amide bonds. The van der Waals surface area contributed by atoms with E-state index in [1.807, 2.05) is 0 Å². The number of aromatic nitrogens is 3. The van der Waals surface area contributed by atoms with Crippen molar-refractivity contribution < 1.29 is 27.2 Å². The van der Waals surface area contributed by atoms with Gasteiger partial charge in [0.2, 0.25) is 0 Å². The maximum atomic E-state index is 14.1. The molecule has 1 aliphatic heterocycles. The van der Waals surface area contributed by atoms with Gasteiger partial charge in [0.25, 0.3) is 11.8 Å². The highest BCUT2D eigenvalue weighted by atomic mass is 19.4. The SMILES string of the molecule is CC1CN(c2ccc(C(F)(F)F)c(F)c2)C(=O)c2c(C(=O)Nc3ccccn3)cnn21. The fraction of sp³-hybridized carbons (Fsp3) is 0.200. The number of carbonyl (C=O) groups is 2. The van der Waals surface area contributed by atoms with E-state index in [2.05, 4.69) is 15.4 Å². The number of nitrogens with one attached hydrogen (secondary N) is 1. The number of hydrogen-bond acceptors (Lipinski definition) is 4. The molecule has 0 fully saturated rings. The van der Waals surface area contributed by atoms with E-state index in [-0.39, 0.29) is 29.3 Å². The molecule has 0 saturated heterocycles. The standard InChI is InChI=1S/C20H15F4N5O2/c1-11-10-28(12-5-6-14(15(21)8-12)20(22,23)24)19(31)17-13(9-26-29(11)17)18(30)27-16-4-2-3-7-25-16/h2-9,11H,10H2,1H3,(H,25,27,30). The zero-order valence-corrected chi connectivity index (χ0v) is 16.0. The van der Waals surface area contributed by atoms with Crippen LogP contribution in [0.15, 0.2) is 48.8 Å². The Balaban J connectivity index is 1.68. The van der Waals surface area contributed by atoms with Crippen molar-refractivity contribution >= 4 is 23.3 Å². The van der Waals surface area contributed by atoms with Gasteiger partial charge in [-0.2, -0.15) is 18.3 Å². The van der Waals surface area contributed by atoms with Gasteiger partial charge in [0, 0.05) is 18.4 Å². The van der Waals surface area contributed by atoms with Crippen molar-refractivity contribution in [3.63, 3.8) is 0 Å². The number of hydrogen-bond donors (Lipinski definition) is 1. The maximum Gasteiger partial charge on any atom is 0.419 e. The minimum atomic E-state index is -4.85. The van der Waals surface area contributed by atoms with Gasteiger partial charge in [-0.25, -0.2) is 9.37 Å². The van der Waals surface area contributed by atoms with Crippen LogP contribution in [0, 0.1) is 5.82 Å². The predicted octanol–water partition coefficient (Wildman–Crippen LogP) is 3.91. The third-order valence-electron chi connectivity index (χ3n) is 4.83. The number of pyridine rings is 1. The van der Waals surface area contributed by atoms with E-state index in [4.69, 9.17) is 0 Å². The monoisotopic (exact) mass is 433 g/mol. The molecule has 1 aliphatic rings. The molecular formula is C20H15F4N5O2. The Kier molecular flexibility index (Phi) is 4.96. The van der Waals surface area contributed by atoms with Crippen molar-refractivity contribution in [2.45, 2.75) is 19.1 Å². The molecule has 0 spiro atoms. The topological polar surface area (TPSA) is 80.1 Å². The quantitative estimate of drug-likeness (QED) is 0.636. The molecule has 1 atom stereocenters. The van der Waals surface area contributed by atoms with E-state index in [0.29, 0.717) is 12.1 Å². The van der Waals surface area contributed by atoms with E-state index in [1.165, 1.54) is 17.1 Å². The lowest BCUT2D eigenvalue weighted by atomic mass is 10.1. The smallest absolute Gasteiger partial charge is 0.306 e. The number of nitrogens with zero attached hydrogens (tertiary/aromatic N) is 4. The molecule has 0 aliphatic carbocycles. The van der Waals surface area contributed by atoms with Crippen molar-refractivity contribution in [2.24, 2.45) is 0 Å². The van der Waals surface area contributed by atoms with E-state index in [0.717, 1.165) is 11.0 Å². The third kappa shape index (κ3) is 3.74. The van der Waals surface area contributed by atoms with Gasteiger partial charge in [0.15, 0.2) is 0 Å². The van der Waals surface area contributed by atoms with Crippen LogP contribution < -0.4 is 10.2 Å². The lowest BCUT2D eigenvalue weighted by Crippen LogP contribution is -2.43. The van der Waals surface area contributed by atoms with Crippen LogP contribution in [0.25, 0.3) is 0 Å². The summed E-state index contributed by atoms with van der Waals surface area (Å²) in [5.74, 6) is -2.52. The van der Waals surface area contributed by atoms with Crippen molar-refractivity contribution in [1.82, 2.24) is 14.8 Å². The summed E-state index contributed by atoms with van der Waals surface area (Å²) < 4.78 is 54.0. The molecule has 4 rings (SSSR count). The van der Waals surface area contributed by atoms with E-state index in [1.54, 1.807) is 25.1 Å². The minimum Gasteiger partial charge on any atom is -0.306 e. The van der Waals surface area contributed by atoms with E-state index in [9.17, 15) is 27.2 Å². The maximum absolute atomic E-state index is 14.1. The normalized spacial score (nSPS) is 16.2. The van der Waals surface area contributed by atoms with Gasteiger partial charge in [-0.3, -0.25) is 14.3 Å². The average Bonchev–Trinajstić information content (AvgIpc) is 3.17. The molecule has 160 valence electrons. The summed E-state index contributed by atoms with van der Waals surface area (Å²) in [5.41, 5.74) is -1.55. The molecule has 31 heavy (non-hydrogen) atoms. The van der Waals surface area contributed by atoms with Gasteiger partial charge in [-0.15, -0.1) is 0 Å². The molecule has 3 heterocycles. The van der Waals surface area contributed by atoms with Gasteiger partial charge in [0.1, 0.15) is 17.3 Å². The number of benzene rings is 1. The zero-order valence-electron chi connectivity index (χ0n) is 16.0. The summed E-state index contributed by atoms with van der Waals surface area (Å²) in [5, 5.41) is 6.67. The Morgan fingerprint density at radius 3 is 2.65 bits per heavy atom. The Labute approximate surface area is 173 Å². The Hall–Kier alpha value is -3.76. The number of alkyl halides is 3. The highest BCUT2D eigenvalue weighted by Crippen LogP contribution is 2.35. The van der Waals surface area contributed by atoms with E-state index >= 15 is 0 Å². The van der Waals surface area contributed by atoms with Gasteiger partial charge in [-0.05, 0) is 37.3 Å². The van der Waals surface area contributed by atoms with Crippen LogP contribution in [0.1, 0.15) is 39.4 Å². The van der Waals surface area contributed by atoms with Gasteiger partial charge >= 0.3 is 6.18 Å². The predicted molar refractivity (Wildman–Crippen MR) is 102 cm³/mol. The van der Waals surface area contributed by atoms with Gasteiger partial charge in [-0.1, -0.05) is 6.07 Å². The van der Waals surface area contributed by atoms with Crippen molar-refractivity contribution in [2.75, 3.05) is 16.8 Å². The lowest BCUT2D eigenvalue weighted by molar-refractivity contribution is -0.139. The Morgan fingerprint density at radius 2 is 2.00 bits per heavy atom. The molecule has 1 aromatic carbocycles. The second-order valence-corrected chi connectivity index (χ2v) is 6.95. The zero-order chi connectivity index (χ0) is 22.3. The van der Waals surface area contributed by atoms with Crippen LogP contribution in [0.4, 0.5) is 29.1 Å². The molecule has 7 nitrogen and oxygen atoms in total. The Bertz CT molecular complexity index is 1160. The van der Waals surface area contributed by atoms with Crippen molar-refractivity contribution in [3.8, 4) is 0 Å². The number of rotatable bonds is 3. The second kappa shape index (κ2) is 7.49. The Morgan fingerprint density at radius 1 is 1.23 bits per heavy atom. The summed E-state index contributed by atoms with van der Waals surface area (Å²) in [6.45, 7) is 1.76. The second-order valence-electron chi connectivity index (χ2n) is 6.95. The molecule has 2 aromatic heterocycles. The number of anilines is 2. The summed E-state index contributed by atoms with van der Waals surface area (Å²) in [6, 6.07) is 6.77. The molecule has 3 aromatic rings. The number of fused-ring (bicyclic) bond motifs is 1. The van der Waals surface area contributed by atoms with Crippen molar-refractivity contribution in [1.29, 1.82) is 0 Å². The van der Waals surface area contributed by atoms with Crippen LogP contribution in [0.2, 0.25) is 0 Å². The lowest BCUT2D eigenvalue weighted by Gasteiger charge is -2.32. The summed E-state index contributed by atoms with van der Waals surface area (Å²) >= 11 is 0. The fourth-order valence-corrected chi connectivity index (χ4v) is 3.37. The highest BCUT2D eigenvalue weighted by Gasteiger charge is 2.37. The number of amides is 2. The van der Waals surface area contributed by atoms with Crippen LogP contribution in [-0.4, -0.2) is 33.1 Å². The number of carbonyl (C=O) groups excluding carboxylic acids is 2. The van der Waals surface area contributed by atoms with Crippen molar-refractivity contribution in [3.05, 3.63) is 71.4 Å². The molecule has 0 saturated carbocycles. The summed E-state index contributed by atoms with van der Waals surface area (Å²) in [7, 11) is 0. The molecule has 0 bridgehead atoms. The molecule has 1 N–H and O–H groups in total. The van der Waals surface area contributed by atoms with Crippen LogP contribution >= 0.6 is 0 Å². The summed E-state index contributed by atoms with van der Waals surface area (Å²) in [4.78, 5) is 30.9. The minimum absolute atomic E-state index is 0.0282. The third-order valence-corrected chi connectivity index (χ3v) is 4.83. The van der Waals surface area contributed by atoms with E-state index < -0.39 is 35.4 Å².